The summed E-state index contributed by atoms with van der Waals surface area (Å²) in [5.74, 6) is 0.511. The molecule has 1 aromatic carbocycles. The number of furan rings is 1. The number of aryl methyl sites for hydroxylation is 2. The molecule has 0 aliphatic carbocycles. The molecule has 0 radical (unpaired) electrons. The van der Waals surface area contributed by atoms with Crippen LogP contribution >= 0.6 is 11.6 Å². The molecule has 1 atom stereocenters. The molecule has 0 saturated carbocycles. The van der Waals surface area contributed by atoms with Gasteiger partial charge in [-0.15, -0.1) is 0 Å². The van der Waals surface area contributed by atoms with Gasteiger partial charge >= 0.3 is 0 Å². The summed E-state index contributed by atoms with van der Waals surface area (Å²) in [4.78, 5) is 26.5. The third kappa shape index (κ3) is 3.04. The normalized spacial score (nSPS) is 17.4. The molecule has 126 valence electrons. The summed E-state index contributed by atoms with van der Waals surface area (Å²) >= 11 is 6.16. The van der Waals surface area contributed by atoms with Crippen LogP contribution in [0.25, 0.3) is 0 Å². The number of hydrogen-bond acceptors (Lipinski definition) is 3. The lowest BCUT2D eigenvalue weighted by atomic mass is 10.2. The molecule has 2 heterocycles. The van der Waals surface area contributed by atoms with Gasteiger partial charge in [-0.05, 0) is 37.1 Å². The Morgan fingerprint density at radius 1 is 1.42 bits per heavy atom. The van der Waals surface area contributed by atoms with Crippen LogP contribution in [-0.2, 0) is 11.2 Å². The SMILES string of the molecule is CCc1oc(C(=O)NC2CCN(c3ccccc3Cl)C2=O)cc1C. The highest BCUT2D eigenvalue weighted by Crippen LogP contribution is 2.29. The lowest BCUT2D eigenvalue weighted by molar-refractivity contribution is -0.118. The van der Waals surface area contributed by atoms with Gasteiger partial charge in [-0.25, -0.2) is 0 Å². The number of para-hydroxylation sites is 1. The minimum Gasteiger partial charge on any atom is -0.456 e. The van der Waals surface area contributed by atoms with Gasteiger partial charge in [-0.1, -0.05) is 30.7 Å². The number of carbonyl (C=O) groups is 2. The van der Waals surface area contributed by atoms with Crippen molar-refractivity contribution >= 4 is 29.1 Å². The van der Waals surface area contributed by atoms with E-state index in [2.05, 4.69) is 5.32 Å². The molecule has 1 saturated heterocycles. The third-order valence-corrected chi connectivity index (χ3v) is 4.54. The van der Waals surface area contributed by atoms with Crippen molar-refractivity contribution in [3.05, 3.63) is 52.4 Å². The summed E-state index contributed by atoms with van der Waals surface area (Å²) in [7, 11) is 0. The Labute approximate surface area is 145 Å². The first kappa shape index (κ1) is 16.6. The highest BCUT2D eigenvalue weighted by Gasteiger charge is 2.35. The average molecular weight is 347 g/mol. The predicted octanol–water partition coefficient (Wildman–Crippen LogP) is 3.34. The number of nitrogens with one attached hydrogen (secondary N) is 1. The molecule has 3 rings (SSSR count). The first-order valence-electron chi connectivity index (χ1n) is 7.97. The second-order valence-corrected chi connectivity index (χ2v) is 6.23. The van der Waals surface area contributed by atoms with E-state index in [-0.39, 0.29) is 17.6 Å². The topological polar surface area (TPSA) is 62.6 Å². The minimum atomic E-state index is -0.566. The van der Waals surface area contributed by atoms with Crippen molar-refractivity contribution in [2.45, 2.75) is 32.7 Å². The summed E-state index contributed by atoms with van der Waals surface area (Å²) in [5.41, 5.74) is 1.61. The van der Waals surface area contributed by atoms with E-state index in [9.17, 15) is 9.59 Å². The Morgan fingerprint density at radius 2 is 2.17 bits per heavy atom. The highest BCUT2D eigenvalue weighted by molar-refractivity contribution is 6.34. The predicted molar refractivity (Wildman–Crippen MR) is 92.5 cm³/mol. The number of benzene rings is 1. The van der Waals surface area contributed by atoms with E-state index in [1.165, 1.54) is 0 Å². The van der Waals surface area contributed by atoms with Crippen molar-refractivity contribution in [3.63, 3.8) is 0 Å². The largest absolute Gasteiger partial charge is 0.456 e. The van der Waals surface area contributed by atoms with Gasteiger partial charge in [0.25, 0.3) is 5.91 Å². The monoisotopic (exact) mass is 346 g/mol. The van der Waals surface area contributed by atoms with Crippen LogP contribution < -0.4 is 10.2 Å². The van der Waals surface area contributed by atoms with Gasteiger partial charge in [0.15, 0.2) is 5.76 Å². The smallest absolute Gasteiger partial charge is 0.287 e. The Kier molecular flexibility index (Phi) is 4.62. The van der Waals surface area contributed by atoms with E-state index in [4.69, 9.17) is 16.0 Å². The lowest BCUT2D eigenvalue weighted by Crippen LogP contribution is -2.41. The number of amides is 2. The van der Waals surface area contributed by atoms with Gasteiger partial charge in [0.1, 0.15) is 11.8 Å². The molecule has 2 amide bonds. The van der Waals surface area contributed by atoms with E-state index in [1.807, 2.05) is 26.0 Å². The Bertz CT molecular complexity index is 784. The Morgan fingerprint density at radius 3 is 2.83 bits per heavy atom. The van der Waals surface area contributed by atoms with Crippen LogP contribution in [0.1, 0.15) is 35.2 Å². The van der Waals surface area contributed by atoms with Gasteiger partial charge in [-0.2, -0.15) is 0 Å². The first-order valence-corrected chi connectivity index (χ1v) is 8.35. The number of hydrogen-bond donors (Lipinski definition) is 1. The van der Waals surface area contributed by atoms with E-state index in [1.54, 1.807) is 23.1 Å². The fourth-order valence-corrected chi connectivity index (χ4v) is 3.17. The zero-order chi connectivity index (χ0) is 17.3. The summed E-state index contributed by atoms with van der Waals surface area (Å²) in [6, 6.07) is 8.33. The van der Waals surface area contributed by atoms with Gasteiger partial charge < -0.3 is 14.6 Å². The number of anilines is 1. The molecular weight excluding hydrogens is 328 g/mol. The average Bonchev–Trinajstić information content (AvgIpc) is 3.12. The summed E-state index contributed by atoms with van der Waals surface area (Å²) < 4.78 is 5.54. The van der Waals surface area contributed by atoms with E-state index in [0.29, 0.717) is 23.7 Å². The molecule has 1 unspecified atom stereocenters. The van der Waals surface area contributed by atoms with E-state index < -0.39 is 6.04 Å². The van der Waals surface area contributed by atoms with Crippen LogP contribution in [0, 0.1) is 6.92 Å². The van der Waals surface area contributed by atoms with Crippen LogP contribution in [0.2, 0.25) is 5.02 Å². The summed E-state index contributed by atoms with van der Waals surface area (Å²) in [5, 5.41) is 3.28. The molecule has 0 spiro atoms. The van der Waals surface area contributed by atoms with E-state index >= 15 is 0 Å². The van der Waals surface area contributed by atoms with Crippen molar-refractivity contribution in [3.8, 4) is 0 Å². The molecule has 5 nitrogen and oxygen atoms in total. The van der Waals surface area contributed by atoms with Gasteiger partial charge in [0.05, 0.1) is 10.7 Å². The molecule has 0 bridgehead atoms. The molecule has 1 aliphatic heterocycles. The molecule has 1 aromatic heterocycles. The number of halogens is 1. The van der Waals surface area contributed by atoms with Gasteiger partial charge in [-0.3, -0.25) is 9.59 Å². The van der Waals surface area contributed by atoms with Crippen molar-refractivity contribution in [2.75, 3.05) is 11.4 Å². The van der Waals surface area contributed by atoms with Crippen LogP contribution in [0.3, 0.4) is 0 Å². The quantitative estimate of drug-likeness (QED) is 0.923. The van der Waals surface area contributed by atoms with Crippen LogP contribution in [0.4, 0.5) is 5.69 Å². The number of rotatable bonds is 4. The molecular formula is C18H19ClN2O3. The summed E-state index contributed by atoms with van der Waals surface area (Å²) in [6.45, 7) is 4.39. The Balaban J connectivity index is 1.71. The zero-order valence-electron chi connectivity index (χ0n) is 13.6. The molecule has 2 aromatic rings. The summed E-state index contributed by atoms with van der Waals surface area (Å²) in [6.07, 6.45) is 1.26. The van der Waals surface area contributed by atoms with Crippen molar-refractivity contribution in [1.82, 2.24) is 5.32 Å². The van der Waals surface area contributed by atoms with Crippen LogP contribution in [-0.4, -0.2) is 24.4 Å². The van der Waals surface area contributed by atoms with Gasteiger partial charge in [0.2, 0.25) is 5.91 Å². The number of carbonyl (C=O) groups excluding carboxylic acids is 2. The molecule has 24 heavy (non-hydrogen) atoms. The molecule has 1 aliphatic rings. The van der Waals surface area contributed by atoms with Crippen LogP contribution in [0.5, 0.6) is 0 Å². The van der Waals surface area contributed by atoms with Crippen molar-refractivity contribution in [2.24, 2.45) is 0 Å². The Hall–Kier alpha value is -2.27. The fraction of sp³-hybridized carbons (Fsp3) is 0.333. The van der Waals surface area contributed by atoms with E-state index in [0.717, 1.165) is 17.7 Å². The fourth-order valence-electron chi connectivity index (χ4n) is 2.94. The molecule has 6 heteroatoms. The third-order valence-electron chi connectivity index (χ3n) is 4.22. The zero-order valence-corrected chi connectivity index (χ0v) is 14.4. The highest BCUT2D eigenvalue weighted by atomic mass is 35.5. The van der Waals surface area contributed by atoms with Crippen molar-refractivity contribution in [1.29, 1.82) is 0 Å². The lowest BCUT2D eigenvalue weighted by Gasteiger charge is -2.18. The van der Waals surface area contributed by atoms with Crippen molar-refractivity contribution < 1.29 is 14.0 Å². The van der Waals surface area contributed by atoms with Crippen LogP contribution in [0.15, 0.2) is 34.7 Å². The maximum atomic E-state index is 12.6. The molecule has 1 fully saturated rings. The van der Waals surface area contributed by atoms with Gasteiger partial charge in [0, 0.05) is 13.0 Å². The number of nitrogens with zero attached hydrogens (tertiary/aromatic N) is 1. The maximum absolute atomic E-state index is 12.6. The standard InChI is InChI=1S/C18H19ClN2O3/c1-3-15-11(2)10-16(24-15)17(22)20-13-8-9-21(18(13)23)14-7-5-4-6-12(14)19/h4-7,10,13H,3,8-9H2,1-2H3,(H,20,22). The molecule has 1 N–H and O–H groups in total. The minimum absolute atomic E-state index is 0.157. The first-order chi connectivity index (χ1) is 11.5. The second kappa shape index (κ2) is 6.69. The maximum Gasteiger partial charge on any atom is 0.287 e. The second-order valence-electron chi connectivity index (χ2n) is 5.83.